The predicted molar refractivity (Wildman–Crippen MR) is 117 cm³/mol. The molecule has 1 saturated heterocycles. The maximum Gasteiger partial charge on any atom is 0.223 e. The molecule has 30 heavy (non-hydrogen) atoms. The Kier molecular flexibility index (Phi) is 5.21. The summed E-state index contributed by atoms with van der Waals surface area (Å²) >= 11 is 0. The Hall–Kier alpha value is -1.40. The van der Waals surface area contributed by atoms with E-state index in [-0.39, 0.29) is 23.1 Å². The van der Waals surface area contributed by atoms with Crippen molar-refractivity contribution >= 4 is 15.9 Å². The number of nitrogens with zero attached hydrogens (tertiary/aromatic N) is 1. The molecule has 0 aromatic heterocycles. The average molecular weight is 431 g/mol. The molecule has 4 saturated carbocycles. The third kappa shape index (κ3) is 4.05. The van der Waals surface area contributed by atoms with Crippen molar-refractivity contribution in [3.63, 3.8) is 0 Å². The van der Waals surface area contributed by atoms with Gasteiger partial charge in [-0.25, -0.2) is 12.7 Å². The summed E-state index contributed by atoms with van der Waals surface area (Å²) in [6.07, 6.45) is 8.85. The van der Waals surface area contributed by atoms with Gasteiger partial charge in [0.1, 0.15) is 0 Å². The lowest BCUT2D eigenvalue weighted by Crippen LogP contribution is -2.61. The fourth-order valence-electron chi connectivity index (χ4n) is 7.01. The van der Waals surface area contributed by atoms with Gasteiger partial charge >= 0.3 is 0 Å². The van der Waals surface area contributed by atoms with Crippen molar-refractivity contribution in [1.82, 2.24) is 9.62 Å². The summed E-state index contributed by atoms with van der Waals surface area (Å²) in [5.41, 5.74) is 1.99. The Labute approximate surface area is 180 Å². The minimum Gasteiger partial charge on any atom is -0.350 e. The van der Waals surface area contributed by atoms with E-state index in [9.17, 15) is 13.2 Å². The predicted octanol–water partition coefficient (Wildman–Crippen LogP) is 3.62. The number of sulfonamides is 1. The molecule has 6 heteroatoms. The molecule has 1 heterocycles. The number of amides is 1. The molecule has 6 rings (SSSR count). The highest BCUT2D eigenvalue weighted by Gasteiger charge is 2.52. The number of carbonyl (C=O) groups is 1. The summed E-state index contributed by atoms with van der Waals surface area (Å²) in [6, 6.07) is 7.68. The van der Waals surface area contributed by atoms with E-state index in [1.165, 1.54) is 19.3 Å². The normalized spacial score (nSPS) is 34.2. The van der Waals surface area contributed by atoms with E-state index in [0.29, 0.717) is 25.9 Å². The molecule has 4 aliphatic carbocycles. The third-order valence-corrected chi connectivity index (χ3v) is 9.96. The summed E-state index contributed by atoms with van der Waals surface area (Å²) in [4.78, 5) is 13.1. The summed E-state index contributed by atoms with van der Waals surface area (Å²) in [7, 11) is -3.34. The standard InChI is InChI=1S/C24H34N2O3S/c1-17-2-4-18(5-3-17)16-30(28,29)26-8-6-22(7-9-26)23(27)25-24-13-19-10-20(14-24)12-21(11-19)15-24/h2-5,19-22H,6-16H2,1H3,(H,25,27). The maximum atomic E-state index is 13.1. The molecule has 1 aromatic carbocycles. The van der Waals surface area contributed by atoms with E-state index in [1.807, 2.05) is 31.2 Å². The quantitative estimate of drug-likeness (QED) is 0.776. The van der Waals surface area contributed by atoms with Crippen LogP contribution in [0.3, 0.4) is 0 Å². The molecule has 1 amide bonds. The van der Waals surface area contributed by atoms with Crippen LogP contribution in [0.5, 0.6) is 0 Å². The van der Waals surface area contributed by atoms with Crippen molar-refractivity contribution in [2.75, 3.05) is 13.1 Å². The number of piperidine rings is 1. The van der Waals surface area contributed by atoms with E-state index in [2.05, 4.69) is 5.32 Å². The van der Waals surface area contributed by atoms with Crippen molar-refractivity contribution in [3.05, 3.63) is 35.4 Å². The largest absolute Gasteiger partial charge is 0.350 e. The molecular weight excluding hydrogens is 396 g/mol. The smallest absolute Gasteiger partial charge is 0.223 e. The number of nitrogens with one attached hydrogen (secondary N) is 1. The Morgan fingerprint density at radius 2 is 1.53 bits per heavy atom. The van der Waals surface area contributed by atoms with Gasteiger partial charge in [0.2, 0.25) is 15.9 Å². The highest BCUT2D eigenvalue weighted by Crippen LogP contribution is 2.55. The molecule has 0 unspecified atom stereocenters. The van der Waals surface area contributed by atoms with E-state index in [1.54, 1.807) is 4.31 Å². The van der Waals surface area contributed by atoms with Gasteiger partial charge in [0.15, 0.2) is 0 Å². The number of hydrogen-bond donors (Lipinski definition) is 1. The van der Waals surface area contributed by atoms with Crippen LogP contribution in [0.4, 0.5) is 0 Å². The number of carbonyl (C=O) groups excluding carboxylic acids is 1. The van der Waals surface area contributed by atoms with Gasteiger partial charge in [0.05, 0.1) is 5.75 Å². The molecular formula is C24H34N2O3S. The SMILES string of the molecule is Cc1ccc(CS(=O)(=O)N2CCC(C(=O)NC34CC5CC(CC(C5)C3)C4)CC2)cc1. The van der Waals surface area contributed by atoms with Crippen LogP contribution in [0.15, 0.2) is 24.3 Å². The molecule has 0 spiro atoms. The number of benzene rings is 1. The summed E-state index contributed by atoms with van der Waals surface area (Å²) < 4.78 is 27.3. The van der Waals surface area contributed by atoms with Gasteiger partial charge in [-0.05, 0) is 81.6 Å². The number of aryl methyl sites for hydroxylation is 1. The topological polar surface area (TPSA) is 66.5 Å². The zero-order valence-electron chi connectivity index (χ0n) is 18.0. The van der Waals surface area contributed by atoms with Crippen LogP contribution in [-0.2, 0) is 20.6 Å². The van der Waals surface area contributed by atoms with Gasteiger partial charge in [0, 0.05) is 24.5 Å². The molecule has 0 radical (unpaired) electrons. The van der Waals surface area contributed by atoms with Crippen molar-refractivity contribution in [2.45, 2.75) is 69.6 Å². The van der Waals surface area contributed by atoms with Crippen LogP contribution < -0.4 is 5.32 Å². The van der Waals surface area contributed by atoms with Gasteiger partial charge in [-0.3, -0.25) is 4.79 Å². The van der Waals surface area contributed by atoms with Crippen molar-refractivity contribution in [2.24, 2.45) is 23.7 Å². The van der Waals surface area contributed by atoms with Gasteiger partial charge in [0.25, 0.3) is 0 Å². The number of hydrogen-bond acceptors (Lipinski definition) is 3. The first-order valence-corrected chi connectivity index (χ1v) is 13.3. The molecule has 5 aliphatic rings. The highest BCUT2D eigenvalue weighted by atomic mass is 32.2. The van der Waals surface area contributed by atoms with Crippen molar-refractivity contribution in [1.29, 1.82) is 0 Å². The van der Waals surface area contributed by atoms with Crippen LogP contribution in [0.2, 0.25) is 0 Å². The van der Waals surface area contributed by atoms with E-state index < -0.39 is 10.0 Å². The molecule has 4 bridgehead atoms. The lowest BCUT2D eigenvalue weighted by atomic mass is 9.53. The van der Waals surface area contributed by atoms with Gasteiger partial charge in [-0.1, -0.05) is 29.8 Å². The Morgan fingerprint density at radius 1 is 1.00 bits per heavy atom. The Morgan fingerprint density at radius 3 is 2.07 bits per heavy atom. The van der Waals surface area contributed by atoms with Gasteiger partial charge in [-0.2, -0.15) is 0 Å². The van der Waals surface area contributed by atoms with E-state index in [4.69, 9.17) is 0 Å². The monoisotopic (exact) mass is 430 g/mol. The van der Waals surface area contributed by atoms with Gasteiger partial charge < -0.3 is 5.32 Å². The van der Waals surface area contributed by atoms with E-state index >= 15 is 0 Å². The second-order valence-corrected chi connectivity index (χ2v) is 12.6. The summed E-state index contributed by atoms with van der Waals surface area (Å²) in [6.45, 7) is 2.90. The first-order valence-electron chi connectivity index (χ1n) is 11.7. The highest BCUT2D eigenvalue weighted by molar-refractivity contribution is 7.88. The van der Waals surface area contributed by atoms with Gasteiger partial charge in [-0.15, -0.1) is 0 Å². The fourth-order valence-corrected chi connectivity index (χ4v) is 8.57. The second kappa shape index (κ2) is 7.63. The fraction of sp³-hybridized carbons (Fsp3) is 0.708. The first-order chi connectivity index (χ1) is 14.3. The van der Waals surface area contributed by atoms with Crippen molar-refractivity contribution in [3.8, 4) is 0 Å². The van der Waals surface area contributed by atoms with Crippen LogP contribution in [0, 0.1) is 30.6 Å². The molecule has 5 nitrogen and oxygen atoms in total. The Bertz CT molecular complexity index is 866. The molecule has 0 atom stereocenters. The second-order valence-electron chi connectivity index (χ2n) is 10.6. The van der Waals surface area contributed by atoms with E-state index in [0.717, 1.165) is 48.1 Å². The number of rotatable bonds is 5. The zero-order chi connectivity index (χ0) is 20.9. The minimum atomic E-state index is -3.34. The zero-order valence-corrected chi connectivity index (χ0v) is 18.8. The van der Waals surface area contributed by atoms with Crippen LogP contribution >= 0.6 is 0 Å². The summed E-state index contributed by atoms with van der Waals surface area (Å²) in [5.74, 6) is 2.59. The lowest BCUT2D eigenvalue weighted by molar-refractivity contribution is -0.132. The summed E-state index contributed by atoms with van der Waals surface area (Å²) in [5, 5.41) is 3.49. The lowest BCUT2D eigenvalue weighted by Gasteiger charge is -2.57. The van der Waals surface area contributed by atoms with Crippen LogP contribution in [0.25, 0.3) is 0 Å². The molecule has 1 N–H and O–H groups in total. The molecule has 164 valence electrons. The van der Waals surface area contributed by atoms with Crippen LogP contribution in [-0.4, -0.2) is 37.3 Å². The molecule has 1 aliphatic heterocycles. The average Bonchev–Trinajstić information content (AvgIpc) is 2.68. The minimum absolute atomic E-state index is 0.0391. The van der Waals surface area contributed by atoms with Crippen molar-refractivity contribution < 1.29 is 13.2 Å². The van der Waals surface area contributed by atoms with Crippen LogP contribution in [0.1, 0.15) is 62.5 Å². The Balaban J connectivity index is 1.17. The third-order valence-electron chi connectivity index (χ3n) is 8.11. The first kappa shape index (κ1) is 20.5. The molecule has 1 aromatic rings. The molecule has 5 fully saturated rings. The maximum absolute atomic E-state index is 13.1.